The van der Waals surface area contributed by atoms with Crippen LogP contribution in [-0.4, -0.2) is 0 Å². The number of benzene rings is 4. The zero-order chi connectivity index (χ0) is 18.6. The van der Waals surface area contributed by atoms with Gasteiger partial charge in [-0.05, 0) is 54.1 Å². The van der Waals surface area contributed by atoms with Gasteiger partial charge in [-0.3, -0.25) is 0 Å². The molecule has 0 aliphatic heterocycles. The van der Waals surface area contributed by atoms with Crippen LogP contribution in [0.3, 0.4) is 0 Å². The Hall–Kier alpha value is -3.52. The summed E-state index contributed by atoms with van der Waals surface area (Å²) in [5.41, 5.74) is 1.18. The molecule has 4 rings (SSSR count). The van der Waals surface area contributed by atoms with E-state index >= 15 is 0 Å². The lowest BCUT2D eigenvalue weighted by Crippen LogP contribution is -1.94. The van der Waals surface area contributed by atoms with Crippen molar-refractivity contribution in [1.29, 1.82) is 0 Å². The molecule has 0 aromatic heterocycles. The third kappa shape index (κ3) is 6.71. The average Bonchev–Trinajstić information content (AvgIpc) is 2.76. The standard InChI is InChI=1S/C13H11O.C12H9O/c1-3-7-12(8-4-1)11-14-13-9-5-2-6-10-13;1-3-7-11(8-4-1)13-12-9-5-2-6-10-12/h1-5,7-10H,11H2;1-5,7-10H. The molecule has 4 aromatic rings. The molecule has 0 heterocycles. The van der Waals surface area contributed by atoms with Gasteiger partial charge in [-0.2, -0.15) is 0 Å². The van der Waals surface area contributed by atoms with Crippen LogP contribution in [0.2, 0.25) is 0 Å². The fourth-order valence-corrected chi connectivity index (χ4v) is 2.27. The Morgan fingerprint density at radius 1 is 0.556 bits per heavy atom. The summed E-state index contributed by atoms with van der Waals surface area (Å²) in [5, 5.41) is 0. The molecule has 0 bridgehead atoms. The first-order chi connectivity index (χ1) is 13.4. The third-order valence-corrected chi connectivity index (χ3v) is 3.58. The van der Waals surface area contributed by atoms with Gasteiger partial charge in [0.2, 0.25) is 0 Å². The first kappa shape index (κ1) is 18.3. The molecule has 4 aromatic carbocycles. The van der Waals surface area contributed by atoms with Gasteiger partial charge < -0.3 is 9.47 Å². The van der Waals surface area contributed by atoms with E-state index in [1.165, 1.54) is 5.56 Å². The molecule has 2 heteroatoms. The van der Waals surface area contributed by atoms with Crippen LogP contribution in [0.15, 0.2) is 109 Å². The molecule has 0 saturated heterocycles. The van der Waals surface area contributed by atoms with Crippen LogP contribution in [0.25, 0.3) is 0 Å². The van der Waals surface area contributed by atoms with Crippen LogP contribution < -0.4 is 9.47 Å². The molecule has 0 aliphatic rings. The summed E-state index contributed by atoms with van der Waals surface area (Å²) in [5.74, 6) is 2.52. The topological polar surface area (TPSA) is 18.5 Å². The van der Waals surface area contributed by atoms with E-state index in [9.17, 15) is 0 Å². The quantitative estimate of drug-likeness (QED) is 0.417. The Morgan fingerprint density at radius 3 is 1.70 bits per heavy atom. The predicted molar refractivity (Wildman–Crippen MR) is 108 cm³/mol. The molecule has 0 aliphatic carbocycles. The Morgan fingerprint density at radius 2 is 1.11 bits per heavy atom. The molecule has 2 nitrogen and oxygen atoms in total. The first-order valence-corrected chi connectivity index (χ1v) is 8.72. The van der Waals surface area contributed by atoms with Gasteiger partial charge in [0.25, 0.3) is 0 Å². The smallest absolute Gasteiger partial charge is 0.128 e. The summed E-state index contributed by atoms with van der Waals surface area (Å²) in [6.45, 7) is 0.610. The highest BCUT2D eigenvalue weighted by molar-refractivity contribution is 5.29. The van der Waals surface area contributed by atoms with Crippen LogP contribution in [0.5, 0.6) is 17.2 Å². The molecule has 132 valence electrons. The van der Waals surface area contributed by atoms with E-state index in [4.69, 9.17) is 9.47 Å². The van der Waals surface area contributed by atoms with Crippen LogP contribution in [-0.2, 0) is 6.61 Å². The Balaban J connectivity index is 0.000000156. The van der Waals surface area contributed by atoms with Gasteiger partial charge in [-0.1, -0.05) is 72.8 Å². The van der Waals surface area contributed by atoms with Gasteiger partial charge in [0.15, 0.2) is 0 Å². The maximum atomic E-state index is 5.56. The lowest BCUT2D eigenvalue weighted by molar-refractivity contribution is 0.306. The van der Waals surface area contributed by atoms with Crippen molar-refractivity contribution in [3.63, 3.8) is 0 Å². The molecule has 0 fully saturated rings. The second-order valence-electron chi connectivity index (χ2n) is 5.67. The summed E-state index contributed by atoms with van der Waals surface area (Å²) in [6.07, 6.45) is 0. The first-order valence-electron chi connectivity index (χ1n) is 8.72. The van der Waals surface area contributed by atoms with Crippen LogP contribution in [0.4, 0.5) is 0 Å². The van der Waals surface area contributed by atoms with Crippen molar-refractivity contribution in [2.24, 2.45) is 0 Å². The summed E-state index contributed by atoms with van der Waals surface area (Å²) < 4.78 is 11.1. The number of ether oxygens (including phenoxy) is 2. The minimum Gasteiger partial charge on any atom is -0.489 e. The minimum absolute atomic E-state index is 0.610. The van der Waals surface area contributed by atoms with Crippen LogP contribution in [0.1, 0.15) is 5.56 Å². The van der Waals surface area contributed by atoms with E-state index < -0.39 is 0 Å². The van der Waals surface area contributed by atoms with Crippen molar-refractivity contribution >= 4 is 0 Å². The molecule has 0 atom stereocenters. The molecular weight excluding hydrogens is 332 g/mol. The van der Waals surface area contributed by atoms with Crippen molar-refractivity contribution in [3.05, 3.63) is 127 Å². The number of rotatable bonds is 5. The number of hydrogen-bond acceptors (Lipinski definition) is 2. The molecular formula is C25H20O2. The lowest BCUT2D eigenvalue weighted by atomic mass is 10.2. The van der Waals surface area contributed by atoms with Crippen molar-refractivity contribution in [1.82, 2.24) is 0 Å². The SMILES string of the molecule is [c]1cccc(OCc2ccccc2)c1.[c]1cccc(Oc2ccccc2)c1. The molecule has 2 radical (unpaired) electrons. The van der Waals surface area contributed by atoms with Gasteiger partial charge >= 0.3 is 0 Å². The number of hydrogen-bond donors (Lipinski definition) is 0. The van der Waals surface area contributed by atoms with E-state index in [0.717, 1.165) is 17.2 Å². The second kappa shape index (κ2) is 10.5. The van der Waals surface area contributed by atoms with Gasteiger partial charge in [0.05, 0.1) is 0 Å². The Labute approximate surface area is 160 Å². The van der Waals surface area contributed by atoms with Gasteiger partial charge in [0.1, 0.15) is 23.9 Å². The molecule has 27 heavy (non-hydrogen) atoms. The normalized spacial score (nSPS) is 9.63. The van der Waals surface area contributed by atoms with E-state index in [0.29, 0.717) is 6.61 Å². The Kier molecular flexibility index (Phi) is 7.08. The van der Waals surface area contributed by atoms with E-state index in [1.807, 2.05) is 109 Å². The largest absolute Gasteiger partial charge is 0.489 e. The van der Waals surface area contributed by atoms with Gasteiger partial charge in [-0.15, -0.1) is 0 Å². The zero-order valence-corrected chi connectivity index (χ0v) is 14.9. The van der Waals surface area contributed by atoms with Crippen molar-refractivity contribution in [2.45, 2.75) is 6.61 Å². The summed E-state index contributed by atoms with van der Waals surface area (Å²) >= 11 is 0. The minimum atomic E-state index is 0.610. The summed E-state index contributed by atoms with van der Waals surface area (Å²) in [4.78, 5) is 0. The average molecular weight is 352 g/mol. The van der Waals surface area contributed by atoms with Gasteiger partial charge in [-0.25, -0.2) is 0 Å². The predicted octanol–water partition coefficient (Wildman–Crippen LogP) is 6.34. The maximum Gasteiger partial charge on any atom is 0.128 e. The zero-order valence-electron chi connectivity index (χ0n) is 14.9. The molecule has 0 unspecified atom stereocenters. The number of para-hydroxylation sites is 1. The highest BCUT2D eigenvalue weighted by Crippen LogP contribution is 2.19. The molecule has 0 amide bonds. The second-order valence-corrected chi connectivity index (χ2v) is 5.67. The lowest BCUT2D eigenvalue weighted by Gasteiger charge is -2.04. The highest BCUT2D eigenvalue weighted by Gasteiger charge is 1.93. The van der Waals surface area contributed by atoms with E-state index in [-0.39, 0.29) is 0 Å². The summed E-state index contributed by atoms with van der Waals surface area (Å²) in [6, 6.07) is 40.8. The van der Waals surface area contributed by atoms with Crippen molar-refractivity contribution < 1.29 is 9.47 Å². The van der Waals surface area contributed by atoms with Crippen molar-refractivity contribution in [2.75, 3.05) is 0 Å². The van der Waals surface area contributed by atoms with E-state index in [1.54, 1.807) is 0 Å². The third-order valence-electron chi connectivity index (χ3n) is 3.58. The fraction of sp³-hybridized carbons (Fsp3) is 0.0400. The molecule has 0 spiro atoms. The van der Waals surface area contributed by atoms with Crippen LogP contribution in [0, 0.1) is 12.1 Å². The fourth-order valence-electron chi connectivity index (χ4n) is 2.27. The summed E-state index contributed by atoms with van der Waals surface area (Å²) in [7, 11) is 0. The van der Waals surface area contributed by atoms with Crippen molar-refractivity contribution in [3.8, 4) is 17.2 Å². The van der Waals surface area contributed by atoms with E-state index in [2.05, 4.69) is 12.1 Å². The monoisotopic (exact) mass is 352 g/mol. The van der Waals surface area contributed by atoms with Crippen LogP contribution >= 0.6 is 0 Å². The molecule has 0 saturated carbocycles. The Bertz CT molecular complexity index is 799. The molecule has 0 N–H and O–H groups in total. The van der Waals surface area contributed by atoms with Gasteiger partial charge in [0, 0.05) is 0 Å². The maximum absolute atomic E-state index is 5.56. The highest BCUT2D eigenvalue weighted by atomic mass is 16.5.